The van der Waals surface area contributed by atoms with E-state index in [0.717, 1.165) is 12.8 Å². The zero-order chi connectivity index (χ0) is 11.7. The number of nitrogens with zero attached hydrogens (tertiary/aromatic N) is 1. The molecule has 92 valence electrons. The normalized spacial score (nSPS) is 12.3. The first-order valence-electron chi connectivity index (χ1n) is 5.25. The van der Waals surface area contributed by atoms with E-state index >= 15 is 0 Å². The molecule has 0 saturated carbocycles. The molecule has 0 atom stereocenters. The molecule has 2 N–H and O–H groups in total. The Balaban J connectivity index is 4.30. The lowest BCUT2D eigenvalue weighted by atomic mass is 10.3. The van der Waals surface area contributed by atoms with Gasteiger partial charge in [-0.1, -0.05) is 13.3 Å². The van der Waals surface area contributed by atoms with Crippen molar-refractivity contribution in [1.82, 2.24) is 4.31 Å². The summed E-state index contributed by atoms with van der Waals surface area (Å²) in [6.45, 7) is 3.57. The van der Waals surface area contributed by atoms with E-state index in [1.807, 2.05) is 6.92 Å². The van der Waals surface area contributed by atoms with Crippen molar-refractivity contribution in [3.63, 3.8) is 0 Å². The number of rotatable bonds is 9. The van der Waals surface area contributed by atoms with Crippen LogP contribution in [0.2, 0.25) is 0 Å². The molecule has 0 aliphatic carbocycles. The number of ether oxygens (including phenoxy) is 1. The monoisotopic (exact) mass is 238 g/mol. The number of methoxy groups -OCH3 is 1. The maximum absolute atomic E-state index is 11.8. The van der Waals surface area contributed by atoms with Gasteiger partial charge in [-0.3, -0.25) is 0 Å². The number of unbranched alkanes of at least 4 members (excludes halogenated alkanes) is 1. The fourth-order valence-corrected chi connectivity index (χ4v) is 2.61. The highest BCUT2D eigenvalue weighted by Gasteiger charge is 2.19. The van der Waals surface area contributed by atoms with E-state index in [4.69, 9.17) is 10.5 Å². The highest BCUT2D eigenvalue weighted by molar-refractivity contribution is 7.89. The molecule has 0 aromatic heterocycles. The fraction of sp³-hybridized carbons (Fsp3) is 1.00. The summed E-state index contributed by atoms with van der Waals surface area (Å²) in [6.07, 6.45) is 1.84. The lowest BCUT2D eigenvalue weighted by molar-refractivity contribution is 0.215. The van der Waals surface area contributed by atoms with Crippen molar-refractivity contribution in [2.45, 2.75) is 19.8 Å². The summed E-state index contributed by atoms with van der Waals surface area (Å²) < 4.78 is 29.8. The predicted octanol–water partition coefficient (Wildman–Crippen LogP) is 0.0234. The van der Waals surface area contributed by atoms with Crippen LogP contribution in [0.1, 0.15) is 19.8 Å². The molecule has 0 aliphatic rings. The van der Waals surface area contributed by atoms with Gasteiger partial charge in [0.2, 0.25) is 10.0 Å². The van der Waals surface area contributed by atoms with Gasteiger partial charge < -0.3 is 10.5 Å². The summed E-state index contributed by atoms with van der Waals surface area (Å²) in [5.41, 5.74) is 5.39. The van der Waals surface area contributed by atoms with Gasteiger partial charge in [-0.2, -0.15) is 0 Å². The first-order valence-corrected chi connectivity index (χ1v) is 6.86. The second-order valence-electron chi connectivity index (χ2n) is 3.35. The quantitative estimate of drug-likeness (QED) is 0.615. The summed E-state index contributed by atoms with van der Waals surface area (Å²) in [5, 5.41) is 0. The van der Waals surface area contributed by atoms with Crippen molar-refractivity contribution in [2.75, 3.05) is 39.1 Å². The van der Waals surface area contributed by atoms with Crippen molar-refractivity contribution < 1.29 is 13.2 Å². The summed E-state index contributed by atoms with van der Waals surface area (Å²) in [7, 11) is -1.70. The minimum atomic E-state index is -3.19. The van der Waals surface area contributed by atoms with Gasteiger partial charge in [0.15, 0.2) is 0 Å². The summed E-state index contributed by atoms with van der Waals surface area (Å²) in [4.78, 5) is 0. The van der Waals surface area contributed by atoms with E-state index in [1.165, 1.54) is 11.4 Å². The molecule has 0 spiro atoms. The third-order valence-electron chi connectivity index (χ3n) is 2.08. The van der Waals surface area contributed by atoms with Gasteiger partial charge >= 0.3 is 0 Å². The lowest BCUT2D eigenvalue weighted by Gasteiger charge is -2.20. The number of hydrogen-bond acceptors (Lipinski definition) is 4. The predicted molar refractivity (Wildman–Crippen MR) is 61.2 cm³/mol. The second kappa shape index (κ2) is 8.04. The Hall–Kier alpha value is -0.170. The smallest absolute Gasteiger partial charge is 0.216 e. The maximum Gasteiger partial charge on any atom is 0.216 e. The SMILES string of the molecule is CCCCN(CCN)S(=O)(=O)CCOC. The highest BCUT2D eigenvalue weighted by Crippen LogP contribution is 2.03. The average molecular weight is 238 g/mol. The largest absolute Gasteiger partial charge is 0.384 e. The van der Waals surface area contributed by atoms with Crippen molar-refractivity contribution in [3.8, 4) is 0 Å². The van der Waals surface area contributed by atoms with E-state index in [-0.39, 0.29) is 12.4 Å². The number of hydrogen-bond donors (Lipinski definition) is 1. The van der Waals surface area contributed by atoms with Crippen LogP contribution >= 0.6 is 0 Å². The second-order valence-corrected chi connectivity index (χ2v) is 5.44. The van der Waals surface area contributed by atoms with Crippen LogP contribution in [0.5, 0.6) is 0 Å². The molecule has 0 bridgehead atoms. The van der Waals surface area contributed by atoms with E-state index in [1.54, 1.807) is 0 Å². The standard InChI is InChI=1S/C9H22N2O3S/c1-3-4-6-11(7-5-10)15(12,13)9-8-14-2/h3-10H2,1-2H3. The zero-order valence-electron chi connectivity index (χ0n) is 9.61. The molecule has 0 aliphatic heterocycles. The molecule has 0 amide bonds. The van der Waals surface area contributed by atoms with Gasteiger partial charge in [0.05, 0.1) is 12.4 Å². The van der Waals surface area contributed by atoms with Crippen molar-refractivity contribution >= 4 is 10.0 Å². The van der Waals surface area contributed by atoms with Crippen molar-refractivity contribution in [2.24, 2.45) is 5.73 Å². The Morgan fingerprint density at radius 2 is 2.00 bits per heavy atom. The fourth-order valence-electron chi connectivity index (χ4n) is 1.19. The molecule has 0 fully saturated rings. The summed E-state index contributed by atoms with van der Waals surface area (Å²) in [5.74, 6) is 0.0349. The molecule has 0 saturated heterocycles. The molecule has 0 aromatic carbocycles. The van der Waals surface area contributed by atoms with Crippen molar-refractivity contribution in [1.29, 1.82) is 0 Å². The van der Waals surface area contributed by atoms with Gasteiger partial charge in [-0.15, -0.1) is 0 Å². The molecule has 0 rings (SSSR count). The Morgan fingerprint density at radius 3 is 2.47 bits per heavy atom. The number of sulfonamides is 1. The molecular formula is C9H22N2O3S. The number of nitrogens with two attached hydrogens (primary N) is 1. The first kappa shape index (κ1) is 14.8. The minimum absolute atomic E-state index is 0.0349. The topological polar surface area (TPSA) is 72.6 Å². The minimum Gasteiger partial charge on any atom is -0.384 e. The molecule has 0 heterocycles. The zero-order valence-corrected chi connectivity index (χ0v) is 10.4. The van der Waals surface area contributed by atoms with E-state index in [0.29, 0.717) is 19.6 Å². The Labute approximate surface area is 92.6 Å². The molecule has 15 heavy (non-hydrogen) atoms. The first-order chi connectivity index (χ1) is 7.08. The molecule has 0 radical (unpaired) electrons. The Morgan fingerprint density at radius 1 is 1.33 bits per heavy atom. The van der Waals surface area contributed by atoms with E-state index in [2.05, 4.69) is 0 Å². The van der Waals surface area contributed by atoms with Gasteiger partial charge in [0, 0.05) is 26.7 Å². The van der Waals surface area contributed by atoms with Crippen LogP contribution < -0.4 is 5.73 Å². The van der Waals surface area contributed by atoms with Crippen LogP contribution in [-0.4, -0.2) is 51.8 Å². The van der Waals surface area contributed by atoms with Gasteiger partial charge in [0.25, 0.3) is 0 Å². The van der Waals surface area contributed by atoms with Crippen LogP contribution in [0.25, 0.3) is 0 Å². The van der Waals surface area contributed by atoms with Gasteiger partial charge in [0.1, 0.15) is 0 Å². The van der Waals surface area contributed by atoms with Gasteiger partial charge in [-0.05, 0) is 6.42 Å². The molecule has 0 aromatic rings. The highest BCUT2D eigenvalue weighted by atomic mass is 32.2. The molecular weight excluding hydrogens is 216 g/mol. The molecule has 0 unspecified atom stereocenters. The molecule has 6 heteroatoms. The lowest BCUT2D eigenvalue weighted by Crippen LogP contribution is -2.38. The molecule has 5 nitrogen and oxygen atoms in total. The van der Waals surface area contributed by atoms with Crippen LogP contribution in [0.3, 0.4) is 0 Å². The Kier molecular flexibility index (Phi) is 7.95. The average Bonchev–Trinajstić information content (AvgIpc) is 2.21. The van der Waals surface area contributed by atoms with E-state index in [9.17, 15) is 8.42 Å². The maximum atomic E-state index is 11.8. The van der Waals surface area contributed by atoms with Crippen LogP contribution in [0.15, 0.2) is 0 Å². The van der Waals surface area contributed by atoms with Crippen LogP contribution in [0.4, 0.5) is 0 Å². The Bertz CT molecular complexity index is 242. The van der Waals surface area contributed by atoms with Gasteiger partial charge in [-0.25, -0.2) is 12.7 Å². The third kappa shape index (κ3) is 6.09. The van der Waals surface area contributed by atoms with Crippen LogP contribution in [0, 0.1) is 0 Å². The van der Waals surface area contributed by atoms with Crippen LogP contribution in [-0.2, 0) is 14.8 Å². The van der Waals surface area contributed by atoms with E-state index < -0.39 is 10.0 Å². The van der Waals surface area contributed by atoms with Crippen molar-refractivity contribution in [3.05, 3.63) is 0 Å². The third-order valence-corrected chi connectivity index (χ3v) is 3.91. The summed E-state index contributed by atoms with van der Waals surface area (Å²) >= 11 is 0. The summed E-state index contributed by atoms with van der Waals surface area (Å²) in [6, 6.07) is 0.